The molecular weight excluding hydrogens is 374 g/mol. The molecule has 1 fully saturated rings. The third kappa shape index (κ3) is 8.36. The summed E-state index contributed by atoms with van der Waals surface area (Å²) in [6.07, 6.45) is 5.97. The van der Waals surface area contributed by atoms with Crippen LogP contribution in [0, 0.1) is 5.92 Å². The number of halogens is 1. The third-order valence-electron chi connectivity index (χ3n) is 4.13. The molecule has 24 heavy (non-hydrogen) atoms. The van der Waals surface area contributed by atoms with Gasteiger partial charge < -0.3 is 14.4 Å². The summed E-state index contributed by atoms with van der Waals surface area (Å²) in [5, 5.41) is 0. The molecule has 1 atom stereocenters. The van der Waals surface area contributed by atoms with E-state index < -0.39 is 5.60 Å². The largest absolute Gasteiger partial charge is 0.465 e. The summed E-state index contributed by atoms with van der Waals surface area (Å²) in [5.74, 6) is 0.503. The van der Waals surface area contributed by atoms with Crippen molar-refractivity contribution in [1.82, 2.24) is 4.90 Å². The van der Waals surface area contributed by atoms with Crippen LogP contribution in [-0.2, 0) is 14.3 Å². The van der Waals surface area contributed by atoms with Gasteiger partial charge in [0.25, 0.3) is 0 Å². The van der Waals surface area contributed by atoms with E-state index in [1.54, 1.807) is 0 Å². The highest BCUT2D eigenvalue weighted by atomic mass is 79.9. The normalized spacial score (nSPS) is 17.5. The van der Waals surface area contributed by atoms with Crippen molar-refractivity contribution in [2.45, 2.75) is 76.6 Å². The van der Waals surface area contributed by atoms with E-state index in [1.807, 2.05) is 32.6 Å². The zero-order valence-electron chi connectivity index (χ0n) is 15.5. The summed E-state index contributed by atoms with van der Waals surface area (Å²) >= 11 is 3.39. The van der Waals surface area contributed by atoms with E-state index in [-0.39, 0.29) is 16.9 Å². The van der Waals surface area contributed by atoms with E-state index >= 15 is 0 Å². The van der Waals surface area contributed by atoms with Gasteiger partial charge in [0.2, 0.25) is 0 Å². The number of rotatable bonds is 7. The average molecular weight is 406 g/mol. The first kappa shape index (κ1) is 21.3. The Kier molecular flexibility index (Phi) is 9.09. The van der Waals surface area contributed by atoms with Crippen molar-refractivity contribution >= 4 is 28.0 Å². The van der Waals surface area contributed by atoms with Crippen molar-refractivity contribution in [2.75, 3.05) is 19.7 Å². The minimum Gasteiger partial charge on any atom is -0.465 e. The molecule has 0 radical (unpaired) electrons. The fourth-order valence-corrected chi connectivity index (χ4v) is 3.29. The SMILES string of the molecule is CCOC(=O)C(Br)CCCCC1CCN(C(=O)OC(C)(C)C)CC1. The molecular formula is C18H32BrNO4. The van der Waals surface area contributed by atoms with Gasteiger partial charge in [-0.3, -0.25) is 4.79 Å². The number of likely N-dealkylation sites (tertiary alicyclic amines) is 1. The van der Waals surface area contributed by atoms with Crippen molar-refractivity contribution in [3.63, 3.8) is 0 Å². The molecule has 1 unspecified atom stereocenters. The van der Waals surface area contributed by atoms with E-state index in [0.717, 1.165) is 51.6 Å². The van der Waals surface area contributed by atoms with E-state index in [4.69, 9.17) is 9.47 Å². The molecule has 1 aliphatic rings. The van der Waals surface area contributed by atoms with Gasteiger partial charge >= 0.3 is 12.1 Å². The molecule has 1 rings (SSSR count). The number of hydrogen-bond acceptors (Lipinski definition) is 4. The van der Waals surface area contributed by atoms with Gasteiger partial charge in [0.1, 0.15) is 10.4 Å². The van der Waals surface area contributed by atoms with Crippen LogP contribution in [0.5, 0.6) is 0 Å². The molecule has 0 spiro atoms. The van der Waals surface area contributed by atoms with Crippen molar-refractivity contribution in [1.29, 1.82) is 0 Å². The van der Waals surface area contributed by atoms with Crippen LogP contribution in [0.3, 0.4) is 0 Å². The van der Waals surface area contributed by atoms with Gasteiger partial charge in [0.05, 0.1) is 6.61 Å². The Bertz CT molecular complexity index is 400. The molecule has 0 aliphatic carbocycles. The topological polar surface area (TPSA) is 55.8 Å². The summed E-state index contributed by atoms with van der Waals surface area (Å²) in [4.78, 5) is 25.2. The minimum absolute atomic E-state index is 0.164. The molecule has 0 aromatic carbocycles. The summed E-state index contributed by atoms with van der Waals surface area (Å²) in [6.45, 7) is 9.49. The summed E-state index contributed by atoms with van der Waals surface area (Å²) in [5.41, 5.74) is -0.431. The van der Waals surface area contributed by atoms with Crippen LogP contribution in [0.15, 0.2) is 0 Å². The molecule has 0 bridgehead atoms. The second kappa shape index (κ2) is 10.3. The Morgan fingerprint density at radius 2 is 1.83 bits per heavy atom. The molecule has 1 aliphatic heterocycles. The molecule has 1 heterocycles. The smallest absolute Gasteiger partial charge is 0.410 e. The van der Waals surface area contributed by atoms with E-state index in [9.17, 15) is 9.59 Å². The lowest BCUT2D eigenvalue weighted by atomic mass is 9.91. The highest BCUT2D eigenvalue weighted by Gasteiger charge is 2.26. The highest BCUT2D eigenvalue weighted by molar-refractivity contribution is 9.10. The van der Waals surface area contributed by atoms with Gasteiger partial charge in [-0.1, -0.05) is 35.2 Å². The number of nitrogens with zero attached hydrogens (tertiary/aromatic N) is 1. The van der Waals surface area contributed by atoms with Crippen LogP contribution < -0.4 is 0 Å². The highest BCUT2D eigenvalue weighted by Crippen LogP contribution is 2.25. The van der Waals surface area contributed by atoms with Gasteiger partial charge in [0, 0.05) is 13.1 Å². The van der Waals surface area contributed by atoms with Crippen LogP contribution in [-0.4, -0.2) is 47.1 Å². The number of carbonyl (C=O) groups excluding carboxylic acids is 2. The Morgan fingerprint density at radius 3 is 2.38 bits per heavy atom. The first-order valence-corrected chi connectivity index (χ1v) is 9.93. The van der Waals surface area contributed by atoms with E-state index in [2.05, 4.69) is 15.9 Å². The Morgan fingerprint density at radius 1 is 1.21 bits per heavy atom. The fourth-order valence-electron chi connectivity index (χ4n) is 2.84. The predicted octanol–water partition coefficient (Wildman–Crippen LogP) is 4.52. The van der Waals surface area contributed by atoms with Crippen LogP contribution in [0.1, 0.15) is 66.2 Å². The number of unbranched alkanes of at least 4 members (excludes halogenated alkanes) is 1. The van der Waals surface area contributed by atoms with Crippen molar-refractivity contribution in [3.05, 3.63) is 0 Å². The molecule has 1 amide bonds. The zero-order valence-corrected chi connectivity index (χ0v) is 17.1. The third-order valence-corrected chi connectivity index (χ3v) is 4.96. The maximum absolute atomic E-state index is 12.0. The summed E-state index contributed by atoms with van der Waals surface area (Å²) < 4.78 is 10.4. The number of esters is 1. The maximum Gasteiger partial charge on any atom is 0.410 e. The molecule has 1 saturated heterocycles. The zero-order chi connectivity index (χ0) is 18.2. The van der Waals surface area contributed by atoms with Crippen molar-refractivity contribution < 1.29 is 19.1 Å². The number of carbonyl (C=O) groups is 2. The molecule has 0 N–H and O–H groups in total. The first-order valence-electron chi connectivity index (χ1n) is 9.01. The second-order valence-electron chi connectivity index (χ2n) is 7.41. The molecule has 0 aromatic heterocycles. The molecule has 6 heteroatoms. The summed E-state index contributed by atoms with van der Waals surface area (Å²) in [6, 6.07) is 0. The van der Waals surface area contributed by atoms with Crippen molar-refractivity contribution in [2.24, 2.45) is 5.92 Å². The van der Waals surface area contributed by atoms with Crippen molar-refractivity contribution in [3.8, 4) is 0 Å². The van der Waals surface area contributed by atoms with E-state index in [0.29, 0.717) is 12.5 Å². The van der Waals surface area contributed by atoms with Crippen LogP contribution in [0.2, 0.25) is 0 Å². The van der Waals surface area contributed by atoms with Gasteiger partial charge in [-0.15, -0.1) is 0 Å². The lowest BCUT2D eigenvalue weighted by Crippen LogP contribution is -2.41. The van der Waals surface area contributed by atoms with E-state index in [1.165, 1.54) is 0 Å². The molecule has 0 saturated carbocycles. The predicted molar refractivity (Wildman–Crippen MR) is 98.3 cm³/mol. The lowest BCUT2D eigenvalue weighted by molar-refractivity contribution is -0.142. The minimum atomic E-state index is -0.431. The maximum atomic E-state index is 12.0. The lowest BCUT2D eigenvalue weighted by Gasteiger charge is -2.33. The van der Waals surface area contributed by atoms with Crippen LogP contribution >= 0.6 is 15.9 Å². The number of ether oxygens (including phenoxy) is 2. The van der Waals surface area contributed by atoms with Crippen LogP contribution in [0.4, 0.5) is 4.79 Å². The number of amides is 1. The number of hydrogen-bond donors (Lipinski definition) is 0. The van der Waals surface area contributed by atoms with Gasteiger partial charge in [-0.2, -0.15) is 0 Å². The van der Waals surface area contributed by atoms with Crippen LogP contribution in [0.25, 0.3) is 0 Å². The Balaban J connectivity index is 2.16. The molecule has 0 aromatic rings. The average Bonchev–Trinajstić information content (AvgIpc) is 2.50. The quantitative estimate of drug-likeness (QED) is 0.354. The first-order chi connectivity index (χ1) is 11.2. The molecule has 5 nitrogen and oxygen atoms in total. The number of piperidine rings is 1. The monoisotopic (exact) mass is 405 g/mol. The number of alkyl halides is 1. The summed E-state index contributed by atoms with van der Waals surface area (Å²) in [7, 11) is 0. The molecule has 140 valence electrons. The Hall–Kier alpha value is -0.780. The second-order valence-corrected chi connectivity index (χ2v) is 8.52. The fraction of sp³-hybridized carbons (Fsp3) is 0.889. The van der Waals surface area contributed by atoms with Gasteiger partial charge in [-0.05, 0) is 52.9 Å². The van der Waals surface area contributed by atoms with Gasteiger partial charge in [0.15, 0.2) is 0 Å². The van der Waals surface area contributed by atoms with Gasteiger partial charge in [-0.25, -0.2) is 4.79 Å². The standard InChI is InChI=1S/C18H32BrNO4/c1-5-23-16(21)15(19)9-7-6-8-14-10-12-20(13-11-14)17(22)24-18(2,3)4/h14-15H,5-13H2,1-4H3. The Labute approximate surface area is 154 Å².